The molecule has 0 aromatic heterocycles. The molecule has 0 aliphatic heterocycles. The molecule has 1 aliphatic carbocycles. The summed E-state index contributed by atoms with van der Waals surface area (Å²) in [5.41, 5.74) is 4.44. The molecule has 98 valence electrons. The number of ketones is 1. The van der Waals surface area contributed by atoms with Crippen molar-refractivity contribution in [3.8, 4) is 12.1 Å². The summed E-state index contributed by atoms with van der Waals surface area (Å²) < 4.78 is 0. The van der Waals surface area contributed by atoms with Crippen LogP contribution in [0.15, 0.2) is 27.7 Å². The molecule has 0 saturated heterocycles. The Hall–Kier alpha value is -2.60. The maximum absolute atomic E-state index is 11.9. The molecular weight excluding hydrogens is 244 g/mol. The molecular formula is C13H14N4O2. The van der Waals surface area contributed by atoms with E-state index in [4.69, 9.17) is 16.3 Å². The van der Waals surface area contributed by atoms with Gasteiger partial charge >= 0.3 is 0 Å². The minimum Gasteiger partial charge on any atom is -0.511 e. The Balaban J connectivity index is 3.11. The van der Waals surface area contributed by atoms with Crippen LogP contribution < -0.4 is 5.73 Å². The van der Waals surface area contributed by atoms with Gasteiger partial charge in [0.05, 0.1) is 5.57 Å². The van der Waals surface area contributed by atoms with E-state index in [-0.39, 0.29) is 40.3 Å². The van der Waals surface area contributed by atoms with Crippen molar-refractivity contribution in [2.45, 2.75) is 26.7 Å². The van der Waals surface area contributed by atoms with Gasteiger partial charge in [-0.1, -0.05) is 13.8 Å². The van der Waals surface area contributed by atoms with E-state index in [1.54, 1.807) is 12.1 Å². The maximum atomic E-state index is 11.9. The maximum Gasteiger partial charge on any atom is 0.174 e. The highest BCUT2D eigenvalue weighted by Gasteiger charge is 2.32. The van der Waals surface area contributed by atoms with E-state index >= 15 is 0 Å². The van der Waals surface area contributed by atoms with Gasteiger partial charge < -0.3 is 10.8 Å². The molecule has 0 amide bonds. The van der Waals surface area contributed by atoms with E-state index in [1.807, 2.05) is 13.8 Å². The molecule has 0 bridgehead atoms. The summed E-state index contributed by atoms with van der Waals surface area (Å²) in [5, 5.41) is 27.1. The lowest BCUT2D eigenvalue weighted by Gasteiger charge is -2.28. The molecule has 6 nitrogen and oxygen atoms in total. The van der Waals surface area contributed by atoms with E-state index in [0.717, 1.165) is 6.21 Å². The first kappa shape index (κ1) is 14.5. The molecule has 19 heavy (non-hydrogen) atoms. The highest BCUT2D eigenvalue weighted by atomic mass is 16.3. The van der Waals surface area contributed by atoms with E-state index in [1.165, 1.54) is 0 Å². The zero-order valence-corrected chi connectivity index (χ0v) is 10.8. The van der Waals surface area contributed by atoms with Crippen LogP contribution in [-0.2, 0) is 4.79 Å². The molecule has 6 heteroatoms. The molecule has 0 spiro atoms. The van der Waals surface area contributed by atoms with Gasteiger partial charge in [-0.2, -0.15) is 10.5 Å². The predicted molar refractivity (Wildman–Crippen MR) is 68.6 cm³/mol. The van der Waals surface area contributed by atoms with Crippen LogP contribution in [0, 0.1) is 28.1 Å². The fourth-order valence-corrected chi connectivity index (χ4v) is 1.79. The number of carbonyl (C=O) groups is 1. The van der Waals surface area contributed by atoms with E-state index in [2.05, 4.69) is 4.99 Å². The smallest absolute Gasteiger partial charge is 0.174 e. The quantitative estimate of drug-likeness (QED) is 0.573. The van der Waals surface area contributed by atoms with Crippen LogP contribution in [0.3, 0.4) is 0 Å². The third-order valence-corrected chi connectivity index (χ3v) is 2.70. The Morgan fingerprint density at radius 1 is 1.42 bits per heavy atom. The highest BCUT2D eigenvalue weighted by molar-refractivity contribution is 6.14. The minimum absolute atomic E-state index is 0.0576. The SMILES string of the molecule is CC1(C)CC(=O)C(C=N/C(C#N)=C(\N)C#N)=C(O)C1. The van der Waals surface area contributed by atoms with Crippen LogP contribution in [0.25, 0.3) is 0 Å². The molecule has 1 aliphatic rings. The molecule has 0 aromatic rings. The normalized spacial score (nSPS) is 19.9. The number of hydrogen-bond acceptors (Lipinski definition) is 6. The van der Waals surface area contributed by atoms with E-state index in [0.29, 0.717) is 6.42 Å². The zero-order chi connectivity index (χ0) is 14.6. The standard InChI is InChI=1S/C13H14N4O2/c1-13(2)3-11(18)8(12(19)4-13)7-17-10(6-15)9(16)5-14/h7,18H,3-4,16H2,1-2H3/b10-9-,17-7?. The number of aliphatic hydroxyl groups is 1. The van der Waals surface area contributed by atoms with Gasteiger partial charge in [0.1, 0.15) is 23.6 Å². The van der Waals surface area contributed by atoms with Crippen molar-refractivity contribution in [3.63, 3.8) is 0 Å². The summed E-state index contributed by atoms with van der Waals surface area (Å²) in [5.74, 6) is -0.303. The Labute approximate surface area is 111 Å². The van der Waals surface area contributed by atoms with E-state index in [9.17, 15) is 9.90 Å². The van der Waals surface area contributed by atoms with Gasteiger partial charge in [-0.05, 0) is 5.41 Å². The van der Waals surface area contributed by atoms with Crippen LogP contribution in [0.1, 0.15) is 26.7 Å². The topological polar surface area (TPSA) is 123 Å². The van der Waals surface area contributed by atoms with Crippen molar-refractivity contribution < 1.29 is 9.90 Å². The molecule has 0 aromatic carbocycles. The lowest BCUT2D eigenvalue weighted by molar-refractivity contribution is -0.117. The van der Waals surface area contributed by atoms with Crippen LogP contribution in [-0.4, -0.2) is 17.1 Å². The van der Waals surface area contributed by atoms with Gasteiger partial charge in [0, 0.05) is 19.1 Å². The van der Waals surface area contributed by atoms with Crippen molar-refractivity contribution >= 4 is 12.0 Å². The first-order chi connectivity index (χ1) is 8.80. The number of nitrogens with zero attached hydrogens (tertiary/aromatic N) is 3. The molecule has 0 unspecified atom stereocenters. The molecule has 0 fully saturated rings. The second kappa shape index (κ2) is 5.36. The number of allylic oxidation sites excluding steroid dienone is 4. The Morgan fingerprint density at radius 3 is 2.53 bits per heavy atom. The number of rotatable bonds is 2. The summed E-state index contributed by atoms with van der Waals surface area (Å²) in [7, 11) is 0. The number of hydrogen-bond donors (Lipinski definition) is 2. The van der Waals surface area contributed by atoms with Gasteiger partial charge in [0.15, 0.2) is 11.5 Å². The number of aliphatic imine (C=N–C) groups is 1. The molecule has 0 atom stereocenters. The monoisotopic (exact) mass is 258 g/mol. The predicted octanol–water partition coefficient (Wildman–Crippen LogP) is 1.48. The van der Waals surface area contributed by atoms with E-state index < -0.39 is 0 Å². The zero-order valence-electron chi connectivity index (χ0n) is 10.8. The van der Waals surface area contributed by atoms with Crippen LogP contribution in [0.2, 0.25) is 0 Å². The number of carbonyl (C=O) groups excluding carboxylic acids is 1. The minimum atomic E-state index is -0.331. The summed E-state index contributed by atoms with van der Waals surface area (Å²) in [6, 6.07) is 3.25. The number of nitriles is 2. The van der Waals surface area contributed by atoms with Crippen LogP contribution in [0.5, 0.6) is 0 Å². The first-order valence-electron chi connectivity index (χ1n) is 5.60. The summed E-state index contributed by atoms with van der Waals surface area (Å²) in [6.07, 6.45) is 1.74. The molecule has 0 heterocycles. The van der Waals surface area contributed by atoms with Crippen molar-refractivity contribution in [3.05, 3.63) is 22.7 Å². The highest BCUT2D eigenvalue weighted by Crippen LogP contribution is 2.35. The van der Waals surface area contributed by atoms with Gasteiger partial charge in [-0.25, -0.2) is 4.99 Å². The Bertz CT molecular complexity index is 583. The lowest BCUT2D eigenvalue weighted by Crippen LogP contribution is -2.26. The second-order valence-corrected chi connectivity index (χ2v) is 5.05. The van der Waals surface area contributed by atoms with Crippen molar-refractivity contribution in [1.29, 1.82) is 10.5 Å². The molecule has 0 radical (unpaired) electrons. The third-order valence-electron chi connectivity index (χ3n) is 2.70. The average Bonchev–Trinajstić information content (AvgIpc) is 2.30. The molecule has 3 N–H and O–H groups in total. The molecule has 0 saturated carbocycles. The van der Waals surface area contributed by atoms with Crippen LogP contribution in [0.4, 0.5) is 0 Å². The average molecular weight is 258 g/mol. The van der Waals surface area contributed by atoms with Gasteiger partial charge in [0.25, 0.3) is 0 Å². The second-order valence-electron chi connectivity index (χ2n) is 5.05. The van der Waals surface area contributed by atoms with Crippen LogP contribution >= 0.6 is 0 Å². The largest absolute Gasteiger partial charge is 0.511 e. The Morgan fingerprint density at radius 2 is 2.05 bits per heavy atom. The number of nitrogens with two attached hydrogens (primary N) is 1. The van der Waals surface area contributed by atoms with Gasteiger partial charge in [-0.3, -0.25) is 4.79 Å². The van der Waals surface area contributed by atoms with Gasteiger partial charge in [-0.15, -0.1) is 0 Å². The summed E-state index contributed by atoms with van der Waals surface area (Å²) in [4.78, 5) is 15.5. The number of aliphatic hydroxyl groups excluding tert-OH is 1. The number of Topliss-reactive ketones (excluding diaryl/α,β-unsaturated/α-hetero) is 1. The fraction of sp³-hybridized carbons (Fsp3) is 0.385. The fourth-order valence-electron chi connectivity index (χ4n) is 1.79. The lowest BCUT2D eigenvalue weighted by atomic mass is 9.77. The van der Waals surface area contributed by atoms with Gasteiger partial charge in [0.2, 0.25) is 0 Å². The first-order valence-corrected chi connectivity index (χ1v) is 5.60. The third kappa shape index (κ3) is 3.43. The Kier molecular flexibility index (Phi) is 4.08. The summed E-state index contributed by atoms with van der Waals surface area (Å²) >= 11 is 0. The van der Waals surface area contributed by atoms with Crippen molar-refractivity contribution in [2.24, 2.45) is 16.1 Å². The van der Waals surface area contributed by atoms with Crippen molar-refractivity contribution in [1.82, 2.24) is 0 Å². The van der Waals surface area contributed by atoms with Crippen molar-refractivity contribution in [2.75, 3.05) is 0 Å². The summed E-state index contributed by atoms with van der Waals surface area (Å²) in [6.45, 7) is 3.76. The molecule has 1 rings (SSSR count).